The number of rotatable bonds is 20. The van der Waals surface area contributed by atoms with Crippen LogP contribution in [0, 0.1) is 52.3 Å². The SMILES string of the molecule is CC(C)[C@@H](CC[C@@H](C)[C@H]1CC[C@H]2[C@@H]3[C@H](O)C[C@H]4C[C@@H](NCCCNCCCCNCCCN)CC[C@]4(C)[C@H]3CCC12C)OS(=O)(=O)O. The first-order chi connectivity index (χ1) is 22.3. The van der Waals surface area contributed by atoms with E-state index < -0.39 is 16.5 Å². The van der Waals surface area contributed by atoms with Gasteiger partial charge in [0.25, 0.3) is 0 Å². The van der Waals surface area contributed by atoms with Crippen molar-refractivity contribution in [3.05, 3.63) is 0 Å². The zero-order valence-corrected chi connectivity index (χ0v) is 31.3. The second kappa shape index (κ2) is 17.7. The number of unbranched alkanes of at least 4 members (excludes halogenated alkanes) is 1. The van der Waals surface area contributed by atoms with E-state index in [9.17, 15) is 18.1 Å². The smallest absolute Gasteiger partial charge is 0.393 e. The van der Waals surface area contributed by atoms with Gasteiger partial charge in [0.2, 0.25) is 0 Å². The molecular formula is C37H72N4O5S. The summed E-state index contributed by atoms with van der Waals surface area (Å²) in [6.07, 6.45) is 15.0. The molecule has 1 unspecified atom stereocenters. The molecule has 0 bridgehead atoms. The van der Waals surface area contributed by atoms with Gasteiger partial charge in [-0.3, -0.25) is 4.55 Å². The molecular weight excluding hydrogens is 612 g/mol. The van der Waals surface area contributed by atoms with Crippen molar-refractivity contribution in [3.63, 3.8) is 0 Å². The van der Waals surface area contributed by atoms with Gasteiger partial charge in [-0.15, -0.1) is 0 Å². The molecule has 0 aromatic heterocycles. The summed E-state index contributed by atoms with van der Waals surface area (Å²) in [6, 6.07) is 0.571. The van der Waals surface area contributed by atoms with Gasteiger partial charge in [0.05, 0.1) is 12.2 Å². The van der Waals surface area contributed by atoms with Gasteiger partial charge >= 0.3 is 10.4 Å². The molecule has 0 aliphatic heterocycles. The molecule has 4 aliphatic carbocycles. The van der Waals surface area contributed by atoms with E-state index in [-0.39, 0.29) is 17.4 Å². The summed E-state index contributed by atoms with van der Waals surface area (Å²) in [4.78, 5) is 0. The highest BCUT2D eigenvalue weighted by atomic mass is 32.3. The summed E-state index contributed by atoms with van der Waals surface area (Å²) in [6.45, 7) is 17.4. The van der Waals surface area contributed by atoms with E-state index in [1.54, 1.807) is 0 Å². The number of aliphatic hydroxyl groups is 1. The third kappa shape index (κ3) is 10.1. The normalized spacial score (nSPS) is 36.9. The third-order valence-corrected chi connectivity index (χ3v) is 14.3. The second-order valence-corrected chi connectivity index (χ2v) is 18.1. The molecule has 9 nitrogen and oxygen atoms in total. The number of nitrogens with one attached hydrogen (secondary N) is 3. The lowest BCUT2D eigenvalue weighted by atomic mass is 9.43. The van der Waals surface area contributed by atoms with Crippen molar-refractivity contribution >= 4 is 10.4 Å². The average Bonchev–Trinajstić information content (AvgIpc) is 3.36. The van der Waals surface area contributed by atoms with Crippen LogP contribution in [-0.2, 0) is 14.6 Å². The molecule has 0 aromatic carbocycles. The lowest BCUT2D eigenvalue weighted by molar-refractivity contribution is -0.167. The van der Waals surface area contributed by atoms with Crippen LogP contribution in [0.5, 0.6) is 0 Å². The van der Waals surface area contributed by atoms with Crippen molar-refractivity contribution in [2.24, 2.45) is 58.0 Å². The highest BCUT2D eigenvalue weighted by molar-refractivity contribution is 7.80. The molecule has 7 N–H and O–H groups in total. The van der Waals surface area contributed by atoms with E-state index in [0.717, 1.165) is 65.0 Å². The Morgan fingerprint density at radius 3 is 2.13 bits per heavy atom. The van der Waals surface area contributed by atoms with Crippen molar-refractivity contribution in [3.8, 4) is 0 Å². The fraction of sp³-hybridized carbons (Fsp3) is 1.00. The van der Waals surface area contributed by atoms with Crippen LogP contribution in [0.25, 0.3) is 0 Å². The van der Waals surface area contributed by atoms with E-state index in [0.29, 0.717) is 53.4 Å². The van der Waals surface area contributed by atoms with Crippen molar-refractivity contribution in [2.75, 3.05) is 39.3 Å². The van der Waals surface area contributed by atoms with Crippen LogP contribution in [0.3, 0.4) is 0 Å². The Balaban J connectivity index is 1.23. The molecule has 0 saturated heterocycles. The van der Waals surface area contributed by atoms with Crippen molar-refractivity contribution in [1.82, 2.24) is 16.0 Å². The molecule has 4 rings (SSSR count). The lowest BCUT2D eigenvalue weighted by Gasteiger charge is -2.62. The lowest BCUT2D eigenvalue weighted by Crippen LogP contribution is -2.59. The molecule has 0 spiro atoms. The molecule has 4 fully saturated rings. The Labute approximate surface area is 288 Å². The number of nitrogens with two attached hydrogens (primary N) is 1. The fourth-order valence-electron chi connectivity index (χ4n) is 11.2. The van der Waals surface area contributed by atoms with Crippen molar-refractivity contribution in [1.29, 1.82) is 0 Å². The summed E-state index contributed by atoms with van der Waals surface area (Å²) in [5.74, 6) is 3.20. The van der Waals surface area contributed by atoms with Crippen LogP contribution in [0.1, 0.15) is 125 Å². The predicted molar refractivity (Wildman–Crippen MR) is 191 cm³/mol. The van der Waals surface area contributed by atoms with Crippen LogP contribution in [0.15, 0.2) is 0 Å². The molecule has 0 amide bonds. The summed E-state index contributed by atoms with van der Waals surface area (Å²) in [5, 5.41) is 22.8. The van der Waals surface area contributed by atoms with Crippen molar-refractivity contribution in [2.45, 2.75) is 143 Å². The Hall–Kier alpha value is -0.330. The van der Waals surface area contributed by atoms with E-state index in [1.165, 1.54) is 57.8 Å². The highest BCUT2D eigenvalue weighted by Gasteiger charge is 2.62. The Bertz CT molecular complexity index is 1050. The zero-order chi connectivity index (χ0) is 34.2. The maximum atomic E-state index is 11.8. The zero-order valence-electron chi connectivity index (χ0n) is 30.5. The monoisotopic (exact) mass is 685 g/mol. The van der Waals surface area contributed by atoms with Gasteiger partial charge < -0.3 is 26.8 Å². The maximum absolute atomic E-state index is 11.8. The van der Waals surface area contributed by atoms with Gasteiger partial charge in [0.15, 0.2) is 0 Å². The van der Waals surface area contributed by atoms with E-state index in [1.807, 2.05) is 13.8 Å². The minimum absolute atomic E-state index is 0.0137. The molecule has 11 atom stereocenters. The topological polar surface area (TPSA) is 146 Å². The average molecular weight is 685 g/mol. The Kier molecular flexibility index (Phi) is 14.9. The second-order valence-electron chi connectivity index (χ2n) is 17.0. The summed E-state index contributed by atoms with van der Waals surface area (Å²) < 4.78 is 37.2. The summed E-state index contributed by atoms with van der Waals surface area (Å²) in [7, 11) is -4.46. The van der Waals surface area contributed by atoms with E-state index in [2.05, 4.69) is 36.7 Å². The fourth-order valence-corrected chi connectivity index (χ4v) is 11.8. The standard InChI is InChI=1S/C37H72N4O5S/c1-26(2)34(46-47(43,44)45)13-10-27(3)30-11-12-31-35-32(15-17-37(30,31)5)36(4)16-14-29(24-28(36)25-33(35)42)41-23-9-22-40-20-7-6-19-39-21-8-18-38/h26-35,39-42H,6-25,38H2,1-5H3,(H,43,44,45)/t27-,28-,29+,30-,31+,32+,33-,34-,35+,36+,37?/m1/s1. The van der Waals surface area contributed by atoms with Crippen LogP contribution >= 0.6 is 0 Å². The molecule has 0 heterocycles. The first-order valence-corrected chi connectivity index (χ1v) is 20.8. The first-order valence-electron chi connectivity index (χ1n) is 19.5. The van der Waals surface area contributed by atoms with Crippen LogP contribution in [-0.4, -0.2) is 75.6 Å². The number of hydrogen-bond donors (Lipinski definition) is 6. The molecule has 47 heavy (non-hydrogen) atoms. The van der Waals surface area contributed by atoms with E-state index >= 15 is 0 Å². The molecule has 4 aliphatic rings. The van der Waals surface area contributed by atoms with Crippen molar-refractivity contribution < 1.29 is 22.3 Å². The molecule has 10 heteroatoms. The predicted octanol–water partition coefficient (Wildman–Crippen LogP) is 5.53. The molecule has 0 aromatic rings. The van der Waals surface area contributed by atoms with Gasteiger partial charge in [-0.2, -0.15) is 8.42 Å². The van der Waals surface area contributed by atoms with Gasteiger partial charge in [0.1, 0.15) is 0 Å². The molecule has 4 saturated carbocycles. The first kappa shape index (κ1) is 39.5. The number of fused-ring (bicyclic) bond motifs is 5. The minimum atomic E-state index is -4.46. The number of aliphatic hydroxyl groups excluding tert-OH is 1. The minimum Gasteiger partial charge on any atom is -0.393 e. The molecule has 276 valence electrons. The Morgan fingerprint density at radius 1 is 0.830 bits per heavy atom. The summed E-state index contributed by atoms with van der Waals surface area (Å²) in [5.41, 5.74) is 6.08. The van der Waals surface area contributed by atoms with Gasteiger partial charge in [0, 0.05) is 6.04 Å². The largest absolute Gasteiger partial charge is 0.397 e. The van der Waals surface area contributed by atoms with Gasteiger partial charge in [-0.1, -0.05) is 34.6 Å². The Morgan fingerprint density at radius 2 is 1.47 bits per heavy atom. The van der Waals surface area contributed by atoms with Gasteiger partial charge in [-0.25, -0.2) is 4.18 Å². The third-order valence-electron chi connectivity index (χ3n) is 13.8. The van der Waals surface area contributed by atoms with Crippen LogP contribution in [0.2, 0.25) is 0 Å². The van der Waals surface area contributed by atoms with Crippen LogP contribution < -0.4 is 21.7 Å². The van der Waals surface area contributed by atoms with Gasteiger partial charge in [-0.05, 0) is 181 Å². The summed E-state index contributed by atoms with van der Waals surface area (Å²) >= 11 is 0. The maximum Gasteiger partial charge on any atom is 0.397 e. The van der Waals surface area contributed by atoms with E-state index in [4.69, 9.17) is 9.92 Å². The molecule has 0 radical (unpaired) electrons. The quantitative estimate of drug-likeness (QED) is 0.0720. The van der Waals surface area contributed by atoms with Crippen LogP contribution in [0.4, 0.5) is 0 Å². The number of hydrogen-bond acceptors (Lipinski definition) is 8. The highest BCUT2D eigenvalue weighted by Crippen LogP contribution is 2.68.